The summed E-state index contributed by atoms with van der Waals surface area (Å²) in [6.45, 7) is 5.79. The van der Waals surface area contributed by atoms with Gasteiger partial charge in [0.15, 0.2) is 0 Å². The average molecular weight is 354 g/mol. The van der Waals surface area contributed by atoms with Crippen molar-refractivity contribution in [2.24, 2.45) is 5.41 Å². The first-order chi connectivity index (χ1) is 12.6. The van der Waals surface area contributed by atoms with Gasteiger partial charge < -0.3 is 14.5 Å². The summed E-state index contributed by atoms with van der Waals surface area (Å²) in [5, 5.41) is 9.43. The lowest BCUT2D eigenvalue weighted by molar-refractivity contribution is -0.149. The van der Waals surface area contributed by atoms with Gasteiger partial charge in [-0.2, -0.15) is 5.26 Å². The van der Waals surface area contributed by atoms with Crippen molar-refractivity contribution in [2.75, 3.05) is 37.7 Å². The van der Waals surface area contributed by atoms with Gasteiger partial charge in [0.05, 0.1) is 11.0 Å². The second kappa shape index (κ2) is 6.88. The van der Waals surface area contributed by atoms with Crippen LogP contribution in [0.2, 0.25) is 0 Å². The summed E-state index contributed by atoms with van der Waals surface area (Å²) < 4.78 is 5.47. The van der Waals surface area contributed by atoms with E-state index in [0.717, 1.165) is 69.9 Å². The van der Waals surface area contributed by atoms with E-state index >= 15 is 0 Å². The summed E-state index contributed by atoms with van der Waals surface area (Å²) in [5.41, 5.74) is 1.19. The zero-order valence-electron chi connectivity index (χ0n) is 15.4. The molecule has 1 spiro atoms. The Morgan fingerprint density at radius 2 is 2.08 bits per heavy atom. The number of ether oxygens (including phenoxy) is 1. The Morgan fingerprint density at radius 3 is 2.85 bits per heavy atom. The number of anilines is 1. The van der Waals surface area contributed by atoms with Gasteiger partial charge in [-0.3, -0.25) is 4.79 Å². The maximum Gasteiger partial charge on any atom is 0.230 e. The molecule has 1 amide bonds. The van der Waals surface area contributed by atoms with Gasteiger partial charge >= 0.3 is 0 Å². The molecular formula is C20H26N4O2. The van der Waals surface area contributed by atoms with Crippen molar-refractivity contribution in [1.82, 2.24) is 9.88 Å². The second-order valence-corrected chi connectivity index (χ2v) is 7.83. The van der Waals surface area contributed by atoms with Gasteiger partial charge in [0.1, 0.15) is 11.9 Å². The molecule has 3 aliphatic rings. The van der Waals surface area contributed by atoms with Crippen LogP contribution in [0.25, 0.3) is 0 Å². The van der Waals surface area contributed by atoms with Gasteiger partial charge in [-0.05, 0) is 51.2 Å². The second-order valence-electron chi connectivity index (χ2n) is 7.83. The third-order valence-electron chi connectivity index (χ3n) is 6.19. The van der Waals surface area contributed by atoms with Crippen LogP contribution in [0.5, 0.6) is 0 Å². The molecule has 3 fully saturated rings. The number of rotatable bonds is 2. The van der Waals surface area contributed by atoms with Crippen LogP contribution >= 0.6 is 0 Å². The number of piperidine rings is 1. The largest absolute Gasteiger partial charge is 0.381 e. The van der Waals surface area contributed by atoms with Crippen LogP contribution in [-0.4, -0.2) is 54.7 Å². The molecule has 0 N–H and O–H groups in total. The Bertz CT molecular complexity index is 738. The number of pyridine rings is 1. The zero-order valence-corrected chi connectivity index (χ0v) is 15.4. The highest BCUT2D eigenvalue weighted by atomic mass is 16.5. The SMILES string of the molecule is Cc1ccc(C#N)c(N2CC[C@@]3(CCCN(C4CCOCC4)C3=O)C2)n1. The van der Waals surface area contributed by atoms with Crippen molar-refractivity contribution < 1.29 is 9.53 Å². The molecule has 0 aromatic carbocycles. The zero-order chi connectivity index (χ0) is 18.1. The number of aryl methyl sites for hydroxylation is 1. The van der Waals surface area contributed by atoms with Gasteiger partial charge in [-0.25, -0.2) is 4.98 Å². The van der Waals surface area contributed by atoms with Crippen molar-refractivity contribution in [3.8, 4) is 6.07 Å². The summed E-state index contributed by atoms with van der Waals surface area (Å²) >= 11 is 0. The summed E-state index contributed by atoms with van der Waals surface area (Å²) in [7, 11) is 0. The standard InChI is InChI=1S/C20H26N4O2/c1-15-3-4-16(13-21)18(22-15)23-10-8-20(14-23)7-2-9-24(19(20)25)17-5-11-26-12-6-17/h3-4,17H,2,5-12,14H2,1H3/t20-/m0/s1. The molecule has 4 heterocycles. The molecule has 3 saturated heterocycles. The van der Waals surface area contributed by atoms with Gasteiger partial charge in [-0.1, -0.05) is 0 Å². The van der Waals surface area contributed by atoms with Crippen LogP contribution in [-0.2, 0) is 9.53 Å². The lowest BCUT2D eigenvalue weighted by atomic mass is 9.77. The van der Waals surface area contributed by atoms with Crippen LogP contribution in [0.15, 0.2) is 12.1 Å². The number of likely N-dealkylation sites (tertiary alicyclic amines) is 1. The minimum absolute atomic E-state index is 0.310. The first-order valence-electron chi connectivity index (χ1n) is 9.64. The minimum atomic E-state index is -0.311. The van der Waals surface area contributed by atoms with Crippen molar-refractivity contribution in [2.45, 2.75) is 45.1 Å². The Balaban J connectivity index is 1.56. The molecular weight excluding hydrogens is 328 g/mol. The molecule has 0 radical (unpaired) electrons. The molecule has 1 aromatic rings. The summed E-state index contributed by atoms with van der Waals surface area (Å²) in [6.07, 6.45) is 4.75. The fourth-order valence-electron chi connectivity index (χ4n) is 4.75. The molecule has 4 rings (SSSR count). The van der Waals surface area contributed by atoms with Crippen LogP contribution in [0.4, 0.5) is 5.82 Å². The van der Waals surface area contributed by atoms with E-state index in [1.165, 1.54) is 0 Å². The van der Waals surface area contributed by atoms with Crippen LogP contribution < -0.4 is 4.90 Å². The summed E-state index contributed by atoms with van der Waals surface area (Å²) in [6, 6.07) is 6.28. The van der Waals surface area contributed by atoms with E-state index in [1.54, 1.807) is 0 Å². The number of carbonyl (C=O) groups is 1. The van der Waals surface area contributed by atoms with E-state index in [1.807, 2.05) is 19.1 Å². The predicted molar refractivity (Wildman–Crippen MR) is 97.7 cm³/mol. The lowest BCUT2D eigenvalue weighted by Crippen LogP contribution is -2.54. The van der Waals surface area contributed by atoms with E-state index < -0.39 is 0 Å². The van der Waals surface area contributed by atoms with Crippen molar-refractivity contribution in [3.05, 3.63) is 23.4 Å². The molecule has 3 aliphatic heterocycles. The van der Waals surface area contributed by atoms with Crippen LogP contribution in [0, 0.1) is 23.7 Å². The highest BCUT2D eigenvalue weighted by molar-refractivity contribution is 5.85. The highest BCUT2D eigenvalue weighted by Gasteiger charge is 2.50. The van der Waals surface area contributed by atoms with Crippen LogP contribution in [0.1, 0.15) is 43.4 Å². The number of carbonyl (C=O) groups excluding carboxylic acids is 1. The average Bonchev–Trinajstić information content (AvgIpc) is 3.10. The third kappa shape index (κ3) is 2.95. The number of hydrogen-bond donors (Lipinski definition) is 0. The Labute approximate surface area is 154 Å². The number of nitrogens with zero attached hydrogens (tertiary/aromatic N) is 4. The molecule has 6 nitrogen and oxygen atoms in total. The number of hydrogen-bond acceptors (Lipinski definition) is 5. The van der Waals surface area contributed by atoms with Crippen LogP contribution in [0.3, 0.4) is 0 Å². The maximum absolute atomic E-state index is 13.4. The molecule has 26 heavy (non-hydrogen) atoms. The third-order valence-corrected chi connectivity index (χ3v) is 6.19. The lowest BCUT2D eigenvalue weighted by Gasteiger charge is -2.44. The molecule has 0 bridgehead atoms. The molecule has 0 saturated carbocycles. The van der Waals surface area contributed by atoms with Crippen molar-refractivity contribution in [3.63, 3.8) is 0 Å². The Morgan fingerprint density at radius 1 is 1.27 bits per heavy atom. The molecule has 1 atom stereocenters. The smallest absolute Gasteiger partial charge is 0.230 e. The fraction of sp³-hybridized carbons (Fsp3) is 0.650. The molecule has 0 unspecified atom stereocenters. The first-order valence-corrected chi connectivity index (χ1v) is 9.64. The molecule has 1 aromatic heterocycles. The van der Waals surface area contributed by atoms with Crippen molar-refractivity contribution in [1.29, 1.82) is 5.26 Å². The maximum atomic E-state index is 13.4. The quantitative estimate of drug-likeness (QED) is 0.815. The van der Waals surface area contributed by atoms with Crippen molar-refractivity contribution >= 4 is 11.7 Å². The topological polar surface area (TPSA) is 69.5 Å². The molecule has 6 heteroatoms. The first kappa shape index (κ1) is 17.3. The minimum Gasteiger partial charge on any atom is -0.381 e. The fourth-order valence-corrected chi connectivity index (χ4v) is 4.75. The monoisotopic (exact) mass is 354 g/mol. The normalized spacial score (nSPS) is 27.2. The molecule has 138 valence electrons. The van der Waals surface area contributed by atoms with E-state index in [4.69, 9.17) is 4.74 Å². The van der Waals surface area contributed by atoms with Gasteiger partial charge in [0, 0.05) is 44.6 Å². The predicted octanol–water partition coefficient (Wildman–Crippen LogP) is 2.26. The van der Waals surface area contributed by atoms with Gasteiger partial charge in [-0.15, -0.1) is 0 Å². The van der Waals surface area contributed by atoms with E-state index in [9.17, 15) is 10.1 Å². The Hall–Kier alpha value is -2.13. The van der Waals surface area contributed by atoms with Gasteiger partial charge in [0.2, 0.25) is 5.91 Å². The Kier molecular flexibility index (Phi) is 4.58. The van der Waals surface area contributed by atoms with E-state index in [-0.39, 0.29) is 5.41 Å². The van der Waals surface area contributed by atoms with E-state index in [2.05, 4.69) is 20.9 Å². The van der Waals surface area contributed by atoms with E-state index in [0.29, 0.717) is 24.1 Å². The number of nitriles is 1. The van der Waals surface area contributed by atoms with Gasteiger partial charge in [0.25, 0.3) is 0 Å². The summed E-state index contributed by atoms with van der Waals surface area (Å²) in [4.78, 5) is 22.3. The highest BCUT2D eigenvalue weighted by Crippen LogP contribution is 2.43. The number of amides is 1. The summed E-state index contributed by atoms with van der Waals surface area (Å²) in [5.74, 6) is 1.05. The number of aromatic nitrogens is 1. The molecule has 0 aliphatic carbocycles.